The van der Waals surface area contributed by atoms with E-state index in [1.165, 1.54) is 0 Å². The van der Waals surface area contributed by atoms with E-state index in [0.29, 0.717) is 0 Å². The quantitative estimate of drug-likeness (QED) is 0.358. The van der Waals surface area contributed by atoms with Crippen molar-refractivity contribution < 1.29 is 39.2 Å². The van der Waals surface area contributed by atoms with Crippen molar-refractivity contribution in [1.82, 2.24) is 0 Å². The number of hydrogen-bond donors (Lipinski definition) is 3. The van der Waals surface area contributed by atoms with Gasteiger partial charge in [-0.2, -0.15) is 0 Å². The van der Waals surface area contributed by atoms with Crippen LogP contribution in [0.25, 0.3) is 0 Å². The summed E-state index contributed by atoms with van der Waals surface area (Å²) in [6, 6.07) is 0. The molecular weight excluding hydrogens is 212 g/mol. The zero-order valence-corrected chi connectivity index (χ0v) is 7.37. The molecule has 0 unspecified atom stereocenters. The highest BCUT2D eigenvalue weighted by atomic mass is 16.5. The van der Waals surface area contributed by atoms with Gasteiger partial charge in [0.2, 0.25) is 5.41 Å². The van der Waals surface area contributed by atoms with E-state index < -0.39 is 36.4 Å². The summed E-state index contributed by atoms with van der Waals surface area (Å²) in [7, 11) is 0. The third-order valence-corrected chi connectivity index (χ3v) is 1.67. The van der Waals surface area contributed by atoms with E-state index in [2.05, 4.69) is 4.74 Å². The minimum atomic E-state index is -2.65. The number of rotatable bonds is 7. The fraction of sp³-hybridized carbons (Fsp3) is 0.429. The van der Waals surface area contributed by atoms with Crippen molar-refractivity contribution in [1.29, 1.82) is 0 Å². The molecule has 0 atom stereocenters. The molecule has 0 saturated carbocycles. The maximum atomic E-state index is 10.7. The molecule has 0 rings (SSSR count). The molecule has 0 aliphatic heterocycles. The molecule has 0 aromatic heterocycles. The summed E-state index contributed by atoms with van der Waals surface area (Å²) in [5.41, 5.74) is -2.65. The summed E-state index contributed by atoms with van der Waals surface area (Å²) < 4.78 is 4.02. The monoisotopic (exact) mass is 220 g/mol. The number of ether oxygens (including phenoxy) is 1. The SMILES string of the molecule is O=COCC(CC(=O)O)(C(=O)O)C(=O)O. The van der Waals surface area contributed by atoms with Gasteiger partial charge in [-0.1, -0.05) is 0 Å². The Morgan fingerprint density at radius 1 is 1.13 bits per heavy atom. The van der Waals surface area contributed by atoms with Crippen molar-refractivity contribution in [3.05, 3.63) is 0 Å². The zero-order valence-electron chi connectivity index (χ0n) is 7.37. The Hall–Kier alpha value is -2.12. The van der Waals surface area contributed by atoms with Gasteiger partial charge in [0.05, 0.1) is 6.42 Å². The van der Waals surface area contributed by atoms with Gasteiger partial charge in [0.25, 0.3) is 6.47 Å². The van der Waals surface area contributed by atoms with Crippen LogP contribution in [-0.2, 0) is 23.9 Å². The Bertz CT molecular complexity index is 279. The van der Waals surface area contributed by atoms with Gasteiger partial charge in [-0.15, -0.1) is 0 Å². The highest BCUT2D eigenvalue weighted by Gasteiger charge is 2.49. The molecule has 0 saturated heterocycles. The third kappa shape index (κ3) is 2.93. The minimum Gasteiger partial charge on any atom is -0.481 e. The summed E-state index contributed by atoms with van der Waals surface area (Å²) in [6.45, 7) is -1.18. The topological polar surface area (TPSA) is 138 Å². The number of carbonyl (C=O) groups excluding carboxylic acids is 1. The van der Waals surface area contributed by atoms with Crippen molar-refractivity contribution in [2.75, 3.05) is 6.61 Å². The van der Waals surface area contributed by atoms with E-state index in [9.17, 15) is 19.2 Å². The first-order valence-corrected chi connectivity index (χ1v) is 3.60. The Balaban J connectivity index is 5.06. The summed E-state index contributed by atoms with van der Waals surface area (Å²) >= 11 is 0. The summed E-state index contributed by atoms with van der Waals surface area (Å²) in [4.78, 5) is 41.5. The molecular formula is C7H8O8. The zero-order chi connectivity index (χ0) is 12.1. The lowest BCUT2D eigenvalue weighted by Gasteiger charge is -2.21. The van der Waals surface area contributed by atoms with E-state index in [1.807, 2.05) is 0 Å². The summed E-state index contributed by atoms with van der Waals surface area (Å²) in [5.74, 6) is -5.37. The lowest BCUT2D eigenvalue weighted by atomic mass is 9.85. The Morgan fingerprint density at radius 2 is 1.60 bits per heavy atom. The minimum absolute atomic E-state index is 0.150. The molecule has 8 nitrogen and oxygen atoms in total. The van der Waals surface area contributed by atoms with Gasteiger partial charge in [0.15, 0.2) is 0 Å². The highest BCUT2D eigenvalue weighted by molar-refractivity contribution is 6.01. The molecule has 0 fully saturated rings. The van der Waals surface area contributed by atoms with Crippen molar-refractivity contribution in [3.63, 3.8) is 0 Å². The van der Waals surface area contributed by atoms with Gasteiger partial charge in [0, 0.05) is 0 Å². The number of carbonyl (C=O) groups is 4. The molecule has 0 bridgehead atoms. The number of aliphatic carboxylic acids is 3. The molecule has 0 aromatic carbocycles. The van der Waals surface area contributed by atoms with Crippen LogP contribution in [0, 0.1) is 5.41 Å². The van der Waals surface area contributed by atoms with Crippen LogP contribution in [0.15, 0.2) is 0 Å². The van der Waals surface area contributed by atoms with Crippen molar-refractivity contribution in [3.8, 4) is 0 Å². The smallest absolute Gasteiger partial charge is 0.325 e. The summed E-state index contributed by atoms with van der Waals surface area (Å²) in [6.07, 6.45) is -1.18. The maximum Gasteiger partial charge on any atom is 0.325 e. The van der Waals surface area contributed by atoms with Gasteiger partial charge < -0.3 is 20.1 Å². The summed E-state index contributed by atoms with van der Waals surface area (Å²) in [5, 5.41) is 25.6. The largest absolute Gasteiger partial charge is 0.481 e. The molecule has 0 heterocycles. The van der Waals surface area contributed by atoms with Crippen LogP contribution < -0.4 is 0 Å². The Labute approximate surface area is 83.1 Å². The van der Waals surface area contributed by atoms with Gasteiger partial charge in [-0.05, 0) is 0 Å². The van der Waals surface area contributed by atoms with Gasteiger partial charge in [-0.3, -0.25) is 19.2 Å². The average molecular weight is 220 g/mol. The number of hydrogen-bond acceptors (Lipinski definition) is 5. The number of carboxylic acids is 3. The van der Waals surface area contributed by atoms with Crippen molar-refractivity contribution in [2.45, 2.75) is 6.42 Å². The molecule has 0 spiro atoms. The lowest BCUT2D eigenvalue weighted by Crippen LogP contribution is -2.45. The molecule has 8 heteroatoms. The first-order valence-electron chi connectivity index (χ1n) is 3.60. The van der Waals surface area contributed by atoms with Crippen LogP contribution in [0.5, 0.6) is 0 Å². The van der Waals surface area contributed by atoms with Crippen molar-refractivity contribution in [2.24, 2.45) is 5.41 Å². The van der Waals surface area contributed by atoms with E-state index in [1.54, 1.807) is 0 Å². The predicted octanol–water partition coefficient (Wildman–Crippen LogP) is -1.21. The van der Waals surface area contributed by atoms with Crippen LogP contribution in [-0.4, -0.2) is 46.3 Å². The second-order valence-electron chi connectivity index (χ2n) is 2.67. The first-order chi connectivity index (χ1) is 6.86. The molecule has 0 radical (unpaired) electrons. The lowest BCUT2D eigenvalue weighted by molar-refractivity contribution is -0.174. The van der Waals surface area contributed by atoms with Crippen LogP contribution in [0.4, 0.5) is 0 Å². The molecule has 84 valence electrons. The van der Waals surface area contributed by atoms with Gasteiger partial charge >= 0.3 is 17.9 Å². The first kappa shape index (κ1) is 12.9. The van der Waals surface area contributed by atoms with E-state index in [4.69, 9.17) is 15.3 Å². The second kappa shape index (κ2) is 4.94. The van der Waals surface area contributed by atoms with Crippen LogP contribution >= 0.6 is 0 Å². The molecule has 0 aromatic rings. The van der Waals surface area contributed by atoms with Gasteiger partial charge in [0.1, 0.15) is 6.61 Å². The third-order valence-electron chi connectivity index (χ3n) is 1.67. The Kier molecular flexibility index (Phi) is 4.24. The molecule has 0 aliphatic rings. The van der Waals surface area contributed by atoms with E-state index in [-0.39, 0.29) is 6.47 Å². The van der Waals surface area contributed by atoms with Crippen LogP contribution in [0.3, 0.4) is 0 Å². The molecule has 0 aliphatic carbocycles. The average Bonchev–Trinajstić information content (AvgIpc) is 2.10. The fourth-order valence-corrected chi connectivity index (χ4v) is 0.852. The van der Waals surface area contributed by atoms with E-state index in [0.717, 1.165) is 0 Å². The van der Waals surface area contributed by atoms with Gasteiger partial charge in [-0.25, -0.2) is 0 Å². The fourth-order valence-electron chi connectivity index (χ4n) is 0.852. The van der Waals surface area contributed by atoms with E-state index >= 15 is 0 Å². The molecule has 15 heavy (non-hydrogen) atoms. The van der Waals surface area contributed by atoms with Crippen LogP contribution in [0.1, 0.15) is 6.42 Å². The molecule has 3 N–H and O–H groups in total. The molecule has 0 amide bonds. The normalized spacial score (nSPS) is 10.4. The second-order valence-corrected chi connectivity index (χ2v) is 2.67. The Morgan fingerprint density at radius 3 is 1.87 bits per heavy atom. The standard InChI is InChI=1S/C7H8O8/c8-3-15-2-7(5(11)12,6(13)14)1-4(9)10/h3H,1-2H2,(H,9,10)(H,11,12)(H,13,14). The van der Waals surface area contributed by atoms with Crippen molar-refractivity contribution >= 4 is 24.4 Å². The highest BCUT2D eigenvalue weighted by Crippen LogP contribution is 2.23. The maximum absolute atomic E-state index is 10.7. The predicted molar refractivity (Wildman–Crippen MR) is 42.0 cm³/mol. The van der Waals surface area contributed by atoms with Crippen LogP contribution in [0.2, 0.25) is 0 Å². The number of carboxylic acid groups (broad SMARTS) is 3.